The van der Waals surface area contributed by atoms with Gasteiger partial charge in [0.2, 0.25) is 6.17 Å². The number of ether oxygens (including phenoxy) is 2. The van der Waals surface area contributed by atoms with Crippen molar-refractivity contribution in [1.29, 1.82) is 0 Å². The van der Waals surface area contributed by atoms with Gasteiger partial charge in [-0.15, -0.1) is 0 Å². The van der Waals surface area contributed by atoms with Gasteiger partial charge in [-0.1, -0.05) is 18.2 Å². The summed E-state index contributed by atoms with van der Waals surface area (Å²) in [5.41, 5.74) is 2.31. The molecule has 1 unspecified atom stereocenters. The highest BCUT2D eigenvalue weighted by Gasteiger charge is 2.29. The fourth-order valence-electron chi connectivity index (χ4n) is 2.45. The lowest BCUT2D eigenvalue weighted by Gasteiger charge is -2.28. The second-order valence-electron chi connectivity index (χ2n) is 5.30. The number of hydrogen-bond acceptors (Lipinski definition) is 6. The summed E-state index contributed by atoms with van der Waals surface area (Å²) < 4.78 is 10.3. The van der Waals surface area contributed by atoms with E-state index in [4.69, 9.17) is 9.47 Å². The summed E-state index contributed by atoms with van der Waals surface area (Å²) in [5.74, 6) is 0.335. The molecule has 25 heavy (non-hydrogen) atoms. The van der Waals surface area contributed by atoms with Crippen LogP contribution in [0.3, 0.4) is 0 Å². The molecule has 0 amide bonds. The number of hydrogen-bond donors (Lipinski definition) is 0. The first-order chi connectivity index (χ1) is 12.2. The molecule has 0 N–H and O–H groups in total. The normalized spacial score (nSPS) is 16.3. The van der Waals surface area contributed by atoms with Gasteiger partial charge in [0.25, 0.3) is 0 Å². The molecule has 0 fully saturated rings. The zero-order valence-corrected chi connectivity index (χ0v) is 14.1. The Morgan fingerprint density at radius 1 is 1.12 bits per heavy atom. The molecule has 1 atom stereocenters. The second kappa shape index (κ2) is 7.61. The Kier molecular flexibility index (Phi) is 5.09. The molecule has 6 heteroatoms. The van der Waals surface area contributed by atoms with Crippen LogP contribution >= 0.6 is 0 Å². The molecule has 0 aromatic heterocycles. The smallest absolute Gasteiger partial charge is 0.353 e. The molecule has 1 aliphatic rings. The van der Waals surface area contributed by atoms with E-state index in [1.807, 2.05) is 54.6 Å². The lowest BCUT2D eigenvalue weighted by molar-refractivity contribution is -0.144. The maximum Gasteiger partial charge on any atom is 0.353 e. The number of carbonyl (C=O) groups excluding carboxylic acids is 1. The van der Waals surface area contributed by atoms with Crippen LogP contribution in [0.1, 0.15) is 12.5 Å². The first-order valence-electron chi connectivity index (χ1n) is 8.00. The minimum atomic E-state index is -0.829. The Morgan fingerprint density at radius 2 is 1.84 bits per heavy atom. The quantitative estimate of drug-likeness (QED) is 0.787. The van der Waals surface area contributed by atoms with Crippen molar-refractivity contribution in [2.45, 2.75) is 13.1 Å². The van der Waals surface area contributed by atoms with Crippen molar-refractivity contribution < 1.29 is 14.3 Å². The van der Waals surface area contributed by atoms with Crippen molar-refractivity contribution >= 4 is 23.6 Å². The zero-order chi connectivity index (χ0) is 17.6. The van der Waals surface area contributed by atoms with Gasteiger partial charge in [-0.3, -0.25) is 4.99 Å². The average molecular weight is 337 g/mol. The highest BCUT2D eigenvalue weighted by molar-refractivity contribution is 6.39. The molecule has 128 valence electrons. The summed E-state index contributed by atoms with van der Waals surface area (Å²) >= 11 is 0. The molecule has 1 aliphatic heterocycles. The molecule has 2 aromatic carbocycles. The highest BCUT2D eigenvalue weighted by atomic mass is 16.5. The van der Waals surface area contributed by atoms with Gasteiger partial charge in [-0.05, 0) is 43.3 Å². The number of anilines is 1. The number of carbonyl (C=O) groups is 1. The summed E-state index contributed by atoms with van der Waals surface area (Å²) in [6.45, 7) is 2.06. The van der Waals surface area contributed by atoms with Gasteiger partial charge in [-0.2, -0.15) is 5.10 Å². The van der Waals surface area contributed by atoms with E-state index in [0.717, 1.165) is 17.0 Å². The largest absolute Gasteiger partial charge is 0.497 e. The maximum absolute atomic E-state index is 12.2. The monoisotopic (exact) mass is 337 g/mol. The Labute approximate surface area is 146 Å². The molecule has 3 rings (SSSR count). The Hall–Kier alpha value is -3.15. The van der Waals surface area contributed by atoms with E-state index in [2.05, 4.69) is 10.1 Å². The average Bonchev–Trinajstić information content (AvgIpc) is 2.68. The van der Waals surface area contributed by atoms with Crippen LogP contribution in [0.15, 0.2) is 64.7 Å². The third kappa shape index (κ3) is 3.68. The van der Waals surface area contributed by atoms with Crippen LogP contribution in [0, 0.1) is 0 Å². The number of aliphatic imine (C=N–C) groups is 1. The van der Waals surface area contributed by atoms with Gasteiger partial charge < -0.3 is 9.47 Å². The van der Waals surface area contributed by atoms with E-state index in [1.54, 1.807) is 25.3 Å². The zero-order valence-electron chi connectivity index (χ0n) is 14.1. The summed E-state index contributed by atoms with van der Waals surface area (Å²) in [7, 11) is 1.62. The molecule has 0 radical (unpaired) electrons. The molecular weight excluding hydrogens is 318 g/mol. The fraction of sp³-hybridized carbons (Fsp3) is 0.211. The van der Waals surface area contributed by atoms with Crippen LogP contribution < -0.4 is 9.75 Å². The number of hydrazone groups is 1. The lowest BCUT2D eigenvalue weighted by Crippen LogP contribution is -2.41. The Balaban J connectivity index is 1.95. The summed E-state index contributed by atoms with van der Waals surface area (Å²) in [6, 6.07) is 17.0. The van der Waals surface area contributed by atoms with Gasteiger partial charge in [0.15, 0.2) is 0 Å². The molecular formula is C19H19N3O3. The molecule has 2 aromatic rings. The maximum atomic E-state index is 12.2. The van der Waals surface area contributed by atoms with Gasteiger partial charge in [-0.25, -0.2) is 9.80 Å². The molecule has 0 aliphatic carbocycles. The topological polar surface area (TPSA) is 63.5 Å². The van der Waals surface area contributed by atoms with Crippen LogP contribution in [0.2, 0.25) is 0 Å². The van der Waals surface area contributed by atoms with Crippen molar-refractivity contribution in [2.24, 2.45) is 10.1 Å². The molecule has 1 heterocycles. The fourth-order valence-corrected chi connectivity index (χ4v) is 2.45. The molecule has 6 nitrogen and oxygen atoms in total. The molecule has 0 saturated carbocycles. The van der Waals surface area contributed by atoms with E-state index in [9.17, 15) is 4.79 Å². The predicted molar refractivity (Wildman–Crippen MR) is 97.4 cm³/mol. The third-order valence-electron chi connectivity index (χ3n) is 3.69. The van der Waals surface area contributed by atoms with Crippen molar-refractivity contribution in [2.75, 3.05) is 18.7 Å². The SMILES string of the molecule is CCOC(=O)C1N=CC(c2ccc(OC)cc2)=NN1c1ccccc1. The number of para-hydroxylation sites is 1. The van der Waals surface area contributed by atoms with Crippen molar-refractivity contribution in [3.63, 3.8) is 0 Å². The molecule has 0 spiro atoms. The number of esters is 1. The van der Waals surface area contributed by atoms with E-state index in [-0.39, 0.29) is 0 Å². The molecule has 0 saturated heterocycles. The van der Waals surface area contributed by atoms with Crippen molar-refractivity contribution in [3.05, 3.63) is 60.2 Å². The third-order valence-corrected chi connectivity index (χ3v) is 3.69. The lowest BCUT2D eigenvalue weighted by atomic mass is 10.1. The van der Waals surface area contributed by atoms with Crippen LogP contribution in [0.25, 0.3) is 0 Å². The number of benzene rings is 2. The number of rotatable bonds is 5. The van der Waals surface area contributed by atoms with Gasteiger partial charge >= 0.3 is 5.97 Å². The van der Waals surface area contributed by atoms with E-state index in [0.29, 0.717) is 12.3 Å². The summed E-state index contributed by atoms with van der Waals surface area (Å²) in [4.78, 5) is 16.6. The summed E-state index contributed by atoms with van der Waals surface area (Å²) in [5, 5.41) is 6.20. The van der Waals surface area contributed by atoms with E-state index in [1.165, 1.54) is 0 Å². The van der Waals surface area contributed by atoms with Crippen molar-refractivity contribution in [1.82, 2.24) is 0 Å². The minimum Gasteiger partial charge on any atom is -0.497 e. The van der Waals surface area contributed by atoms with Gasteiger partial charge in [0, 0.05) is 5.56 Å². The number of nitrogens with zero attached hydrogens (tertiary/aromatic N) is 3. The Bertz CT molecular complexity index is 785. The van der Waals surface area contributed by atoms with Crippen LogP contribution in [-0.2, 0) is 9.53 Å². The van der Waals surface area contributed by atoms with Gasteiger partial charge in [0.1, 0.15) is 11.5 Å². The van der Waals surface area contributed by atoms with E-state index < -0.39 is 12.1 Å². The van der Waals surface area contributed by atoms with Gasteiger partial charge in [0.05, 0.1) is 25.6 Å². The standard InChI is InChI=1S/C19H19N3O3/c1-3-25-19(23)18-20-13-17(14-9-11-16(24-2)12-10-14)21-22(18)15-7-5-4-6-8-15/h4-13,18H,3H2,1-2H3. The minimum absolute atomic E-state index is 0.294. The van der Waals surface area contributed by atoms with Crippen LogP contribution in [0.5, 0.6) is 5.75 Å². The van der Waals surface area contributed by atoms with E-state index >= 15 is 0 Å². The van der Waals surface area contributed by atoms with Crippen molar-refractivity contribution in [3.8, 4) is 5.75 Å². The number of methoxy groups -OCH3 is 1. The highest BCUT2D eigenvalue weighted by Crippen LogP contribution is 2.22. The van der Waals surface area contributed by atoms with Crippen LogP contribution in [0.4, 0.5) is 5.69 Å². The first kappa shape index (κ1) is 16.7. The van der Waals surface area contributed by atoms with Crippen LogP contribution in [-0.4, -0.2) is 37.8 Å². The Morgan fingerprint density at radius 3 is 2.48 bits per heavy atom. The second-order valence-corrected chi connectivity index (χ2v) is 5.30. The summed E-state index contributed by atoms with van der Waals surface area (Å²) in [6.07, 6.45) is 0.771. The molecule has 0 bridgehead atoms. The first-order valence-corrected chi connectivity index (χ1v) is 8.00. The predicted octanol–water partition coefficient (Wildman–Crippen LogP) is 2.88.